The monoisotopic (exact) mass is 227 g/mol. The lowest BCUT2D eigenvalue weighted by molar-refractivity contribution is 0.298. The molecule has 1 aliphatic rings. The van der Waals surface area contributed by atoms with Crippen LogP contribution in [0.1, 0.15) is 30.8 Å². The maximum Gasteiger partial charge on any atom is 0.195 e. The second-order valence-electron chi connectivity index (χ2n) is 3.90. The second-order valence-corrected chi connectivity index (χ2v) is 5.31. The molecule has 1 aromatic rings. The van der Waals surface area contributed by atoms with Gasteiger partial charge in [0.05, 0.1) is 5.69 Å². The molecule has 2 heterocycles. The van der Waals surface area contributed by atoms with Gasteiger partial charge in [-0.25, -0.2) is 4.98 Å². The Kier molecular flexibility index (Phi) is 4.09. The van der Waals surface area contributed by atoms with Crippen molar-refractivity contribution in [1.29, 1.82) is 0 Å². The first kappa shape index (κ1) is 11.0. The van der Waals surface area contributed by atoms with E-state index in [4.69, 9.17) is 9.52 Å². The van der Waals surface area contributed by atoms with Crippen molar-refractivity contribution in [2.24, 2.45) is 0 Å². The zero-order valence-electron chi connectivity index (χ0n) is 8.82. The van der Waals surface area contributed by atoms with E-state index in [0.29, 0.717) is 11.7 Å². The predicted molar refractivity (Wildman–Crippen MR) is 61.1 cm³/mol. The molecule has 1 fully saturated rings. The third kappa shape index (κ3) is 3.24. The third-order valence-electron chi connectivity index (χ3n) is 2.64. The zero-order valence-corrected chi connectivity index (χ0v) is 9.63. The number of rotatable bonds is 4. The van der Waals surface area contributed by atoms with Crippen LogP contribution in [0.15, 0.2) is 10.7 Å². The number of thioether (sulfide) groups is 1. The summed E-state index contributed by atoms with van der Waals surface area (Å²) >= 11 is 2.03. The summed E-state index contributed by atoms with van der Waals surface area (Å²) in [4.78, 5) is 4.35. The quantitative estimate of drug-likeness (QED) is 0.855. The van der Waals surface area contributed by atoms with Crippen LogP contribution < -0.4 is 0 Å². The van der Waals surface area contributed by atoms with Crippen molar-refractivity contribution in [3.63, 3.8) is 0 Å². The number of nitrogens with zero attached hydrogens (tertiary/aromatic N) is 1. The van der Waals surface area contributed by atoms with Crippen molar-refractivity contribution in [3.05, 3.63) is 17.8 Å². The molecule has 1 unspecified atom stereocenters. The van der Waals surface area contributed by atoms with E-state index in [-0.39, 0.29) is 6.61 Å². The Morgan fingerprint density at radius 1 is 1.53 bits per heavy atom. The van der Waals surface area contributed by atoms with E-state index in [0.717, 1.165) is 18.0 Å². The van der Waals surface area contributed by atoms with Gasteiger partial charge in [-0.2, -0.15) is 11.8 Å². The molecule has 0 aromatic carbocycles. The van der Waals surface area contributed by atoms with Gasteiger partial charge in [-0.1, -0.05) is 6.42 Å². The Labute approximate surface area is 94.3 Å². The van der Waals surface area contributed by atoms with Gasteiger partial charge in [0.2, 0.25) is 0 Å². The Morgan fingerprint density at radius 3 is 3.20 bits per heavy atom. The summed E-state index contributed by atoms with van der Waals surface area (Å²) in [5.74, 6) is 2.10. The summed E-state index contributed by atoms with van der Waals surface area (Å²) in [6.07, 6.45) is 7.17. The summed E-state index contributed by atoms with van der Waals surface area (Å²) in [6, 6.07) is 0. The van der Waals surface area contributed by atoms with Gasteiger partial charge in [-0.15, -0.1) is 0 Å². The lowest BCUT2D eigenvalue weighted by atomic mass is 10.1. The average molecular weight is 227 g/mol. The molecule has 0 radical (unpaired) electrons. The molecule has 1 atom stereocenters. The van der Waals surface area contributed by atoms with Crippen LogP contribution in [0.5, 0.6) is 0 Å². The normalized spacial score (nSPS) is 21.8. The van der Waals surface area contributed by atoms with Crippen molar-refractivity contribution < 1.29 is 9.52 Å². The fourth-order valence-electron chi connectivity index (χ4n) is 1.84. The average Bonchev–Trinajstić information content (AvgIpc) is 2.68. The molecule has 1 aliphatic heterocycles. The molecule has 1 N–H and O–H groups in total. The minimum absolute atomic E-state index is 0.143. The fraction of sp³-hybridized carbons (Fsp3) is 0.727. The smallest absolute Gasteiger partial charge is 0.195 e. The highest BCUT2D eigenvalue weighted by molar-refractivity contribution is 7.99. The maximum atomic E-state index is 8.76. The van der Waals surface area contributed by atoms with Crippen LogP contribution in [-0.4, -0.2) is 27.7 Å². The van der Waals surface area contributed by atoms with Gasteiger partial charge >= 0.3 is 0 Å². The number of aliphatic hydroxyl groups excluding tert-OH is 1. The van der Waals surface area contributed by atoms with Gasteiger partial charge in [0.15, 0.2) is 5.89 Å². The molecule has 2 rings (SSSR count). The largest absolute Gasteiger partial charge is 0.449 e. The minimum Gasteiger partial charge on any atom is -0.449 e. The number of aromatic nitrogens is 1. The fourth-order valence-corrected chi connectivity index (χ4v) is 3.13. The predicted octanol–water partition coefficient (Wildman–Crippen LogP) is 2.04. The molecular formula is C11H17NO2S. The first-order chi connectivity index (χ1) is 7.38. The van der Waals surface area contributed by atoms with Gasteiger partial charge in [0, 0.05) is 24.7 Å². The van der Waals surface area contributed by atoms with Gasteiger partial charge in [-0.05, 0) is 18.6 Å². The van der Waals surface area contributed by atoms with Gasteiger partial charge < -0.3 is 9.52 Å². The molecule has 0 saturated carbocycles. The summed E-state index contributed by atoms with van der Waals surface area (Å²) in [6.45, 7) is 0.143. The Balaban J connectivity index is 1.86. The Bertz CT molecular complexity index is 295. The van der Waals surface area contributed by atoms with Crippen LogP contribution >= 0.6 is 11.8 Å². The lowest BCUT2D eigenvalue weighted by Gasteiger charge is -2.19. The zero-order chi connectivity index (χ0) is 10.5. The summed E-state index contributed by atoms with van der Waals surface area (Å²) in [5, 5.41) is 9.44. The van der Waals surface area contributed by atoms with E-state index in [2.05, 4.69) is 4.98 Å². The SMILES string of the molecule is OCCc1coc(CC2CCCCS2)n1. The van der Waals surface area contributed by atoms with E-state index in [1.165, 1.54) is 25.0 Å². The van der Waals surface area contributed by atoms with Crippen LogP contribution in [0.3, 0.4) is 0 Å². The number of hydrogen-bond acceptors (Lipinski definition) is 4. The molecule has 0 aliphatic carbocycles. The van der Waals surface area contributed by atoms with E-state index < -0.39 is 0 Å². The van der Waals surface area contributed by atoms with Gasteiger partial charge in [0.1, 0.15) is 6.26 Å². The summed E-state index contributed by atoms with van der Waals surface area (Å²) in [7, 11) is 0. The minimum atomic E-state index is 0.143. The lowest BCUT2D eigenvalue weighted by Crippen LogP contribution is -2.12. The molecular weight excluding hydrogens is 210 g/mol. The van der Waals surface area contributed by atoms with Crippen LogP contribution in [0, 0.1) is 0 Å². The van der Waals surface area contributed by atoms with Crippen molar-refractivity contribution in [2.75, 3.05) is 12.4 Å². The Morgan fingerprint density at radius 2 is 2.47 bits per heavy atom. The molecule has 0 bridgehead atoms. The summed E-state index contributed by atoms with van der Waals surface area (Å²) in [5.41, 5.74) is 0.869. The standard InChI is InChI=1S/C11H17NO2S/c13-5-4-9-8-14-11(12-9)7-10-3-1-2-6-15-10/h8,10,13H,1-7H2. The first-order valence-electron chi connectivity index (χ1n) is 5.54. The van der Waals surface area contributed by atoms with E-state index >= 15 is 0 Å². The molecule has 1 aromatic heterocycles. The number of aliphatic hydroxyl groups is 1. The molecule has 4 heteroatoms. The number of oxazole rings is 1. The van der Waals surface area contributed by atoms with Gasteiger partial charge in [0.25, 0.3) is 0 Å². The molecule has 84 valence electrons. The van der Waals surface area contributed by atoms with Crippen LogP contribution in [0.4, 0.5) is 0 Å². The molecule has 0 spiro atoms. The highest BCUT2D eigenvalue weighted by Gasteiger charge is 2.16. The topological polar surface area (TPSA) is 46.3 Å². The van der Waals surface area contributed by atoms with Crippen molar-refractivity contribution >= 4 is 11.8 Å². The van der Waals surface area contributed by atoms with Crippen LogP contribution in [0.2, 0.25) is 0 Å². The molecule has 0 amide bonds. The highest BCUT2D eigenvalue weighted by Crippen LogP contribution is 2.27. The van der Waals surface area contributed by atoms with Gasteiger partial charge in [-0.3, -0.25) is 0 Å². The first-order valence-corrected chi connectivity index (χ1v) is 6.59. The van der Waals surface area contributed by atoms with Crippen molar-refractivity contribution in [1.82, 2.24) is 4.98 Å². The van der Waals surface area contributed by atoms with Crippen LogP contribution in [-0.2, 0) is 12.8 Å². The molecule has 3 nitrogen and oxygen atoms in total. The van der Waals surface area contributed by atoms with E-state index in [1.807, 2.05) is 11.8 Å². The molecule has 15 heavy (non-hydrogen) atoms. The second kappa shape index (κ2) is 5.56. The highest BCUT2D eigenvalue weighted by atomic mass is 32.2. The summed E-state index contributed by atoms with van der Waals surface area (Å²) < 4.78 is 5.38. The maximum absolute atomic E-state index is 8.76. The van der Waals surface area contributed by atoms with Crippen LogP contribution in [0.25, 0.3) is 0 Å². The van der Waals surface area contributed by atoms with Crippen molar-refractivity contribution in [3.8, 4) is 0 Å². The third-order valence-corrected chi connectivity index (χ3v) is 4.04. The molecule has 1 saturated heterocycles. The number of hydrogen-bond donors (Lipinski definition) is 1. The van der Waals surface area contributed by atoms with E-state index in [9.17, 15) is 0 Å². The van der Waals surface area contributed by atoms with E-state index in [1.54, 1.807) is 6.26 Å². The Hall–Kier alpha value is -0.480. The van der Waals surface area contributed by atoms with Crippen molar-refractivity contribution in [2.45, 2.75) is 37.4 Å².